The van der Waals surface area contributed by atoms with E-state index in [0.717, 1.165) is 5.82 Å². The Bertz CT molecular complexity index is 569. The number of carboxylic acid groups (broad SMARTS) is 2. The van der Waals surface area contributed by atoms with Gasteiger partial charge in [-0.25, -0.2) is 0 Å². The van der Waals surface area contributed by atoms with E-state index >= 15 is 0 Å². The summed E-state index contributed by atoms with van der Waals surface area (Å²) in [4.78, 5) is 42.6. The number of fused-ring (bicyclic) bond motifs is 1. The van der Waals surface area contributed by atoms with Crippen molar-refractivity contribution in [2.45, 2.75) is 77.9 Å². The third-order valence-corrected chi connectivity index (χ3v) is 5.01. The van der Waals surface area contributed by atoms with E-state index in [9.17, 15) is 19.2 Å². The van der Waals surface area contributed by atoms with Crippen molar-refractivity contribution in [1.82, 2.24) is 4.90 Å². The lowest BCUT2D eigenvalue weighted by atomic mass is 9.51. The summed E-state index contributed by atoms with van der Waals surface area (Å²) < 4.78 is 9.77. The minimum absolute atomic E-state index is 0.244. The minimum atomic E-state index is -1.68. The van der Waals surface area contributed by atoms with Gasteiger partial charge in [0.1, 0.15) is 12.8 Å². The van der Waals surface area contributed by atoms with Gasteiger partial charge in [0.15, 0.2) is 0 Å². The number of carbonyl (C=O) groups excluding carboxylic acids is 2. The Balaban J connectivity index is 0.000000421. The summed E-state index contributed by atoms with van der Waals surface area (Å²) in [7, 11) is 0.266. The number of carbonyl (C=O) groups is 4. The second-order valence-electron chi connectivity index (χ2n) is 8.50. The van der Waals surface area contributed by atoms with Crippen LogP contribution < -0.4 is 0 Å². The van der Waals surface area contributed by atoms with E-state index in [4.69, 9.17) is 29.6 Å². The first-order valence-electron chi connectivity index (χ1n) is 11.3. The molecule has 4 N–H and O–H groups in total. The Morgan fingerprint density at radius 1 is 0.879 bits per heavy atom. The molecule has 13 heteroatoms. The molecule has 0 unspecified atom stereocenters. The van der Waals surface area contributed by atoms with Crippen molar-refractivity contribution in [2.75, 3.05) is 20.1 Å². The first-order chi connectivity index (χ1) is 15.4. The van der Waals surface area contributed by atoms with Gasteiger partial charge >= 0.3 is 37.5 Å². The maximum atomic E-state index is 10.7. The van der Waals surface area contributed by atoms with Crippen LogP contribution in [0.3, 0.4) is 0 Å². The number of carboxylic acids is 2. The van der Waals surface area contributed by atoms with Crippen LogP contribution in [0.1, 0.15) is 64.2 Å². The molecule has 0 aromatic carbocycles. The van der Waals surface area contributed by atoms with Gasteiger partial charge in [-0.3, -0.25) is 24.1 Å². The predicted molar refractivity (Wildman–Crippen MR) is 122 cm³/mol. The van der Waals surface area contributed by atoms with Crippen molar-refractivity contribution >= 4 is 37.5 Å². The van der Waals surface area contributed by atoms with Crippen LogP contribution >= 0.6 is 0 Å². The number of rotatable bonds is 4. The first-order valence-corrected chi connectivity index (χ1v) is 11.3. The van der Waals surface area contributed by atoms with Crippen molar-refractivity contribution in [1.29, 1.82) is 0 Å². The monoisotopic (exact) mass is 473 g/mol. The zero-order chi connectivity index (χ0) is 25.4. The van der Waals surface area contributed by atoms with Gasteiger partial charge in [0.2, 0.25) is 0 Å². The van der Waals surface area contributed by atoms with E-state index in [0.29, 0.717) is 0 Å². The topological polar surface area (TPSA) is 171 Å². The van der Waals surface area contributed by atoms with Gasteiger partial charge in [0.05, 0.1) is 13.1 Å². The van der Waals surface area contributed by atoms with Crippen LogP contribution in [0, 0.1) is 5.82 Å². The fourth-order valence-corrected chi connectivity index (χ4v) is 2.60. The van der Waals surface area contributed by atoms with Gasteiger partial charge in [-0.2, -0.15) is 0 Å². The summed E-state index contributed by atoms with van der Waals surface area (Å²) in [6.45, 7) is 0.772. The summed E-state index contributed by atoms with van der Waals surface area (Å²) in [5.41, 5.74) is 0. The molecule has 4 fully saturated rings. The largest absolute Gasteiger partial charge is 0.614 e. The Labute approximate surface area is 195 Å². The molecule has 2 saturated carbocycles. The molecule has 0 spiro atoms. The van der Waals surface area contributed by atoms with Crippen LogP contribution in [0.25, 0.3) is 0 Å². The molecule has 188 valence electrons. The lowest BCUT2D eigenvalue weighted by molar-refractivity contribution is -0.142. The van der Waals surface area contributed by atoms with E-state index in [1.807, 2.05) is 0 Å². The normalized spacial score (nSPS) is 18.4. The van der Waals surface area contributed by atoms with E-state index in [1.165, 1.54) is 70.1 Å². The molecule has 11 nitrogen and oxygen atoms in total. The molecule has 2 aliphatic heterocycles. The lowest BCUT2D eigenvalue weighted by Gasteiger charge is -2.18. The zero-order valence-corrected chi connectivity index (χ0v) is 19.8. The fourth-order valence-electron chi connectivity index (χ4n) is 2.60. The number of hydrogen-bond acceptors (Lipinski definition) is 9. The van der Waals surface area contributed by atoms with Crippen LogP contribution in [-0.2, 0) is 28.5 Å². The Morgan fingerprint density at radius 2 is 1.15 bits per heavy atom. The Hall–Kier alpha value is -2.24. The third kappa shape index (κ3) is 16.1. The number of nitrogens with zero attached hydrogens (tertiary/aromatic N) is 1. The van der Waals surface area contributed by atoms with E-state index in [-0.39, 0.29) is 37.9 Å². The molecule has 0 radical (unpaired) electrons. The number of aliphatic carboxylic acids is 2. The predicted octanol–water partition coefficient (Wildman–Crippen LogP) is 1.36. The number of hydrogen-bond donors (Lipinski definition) is 4. The summed E-state index contributed by atoms with van der Waals surface area (Å²) in [6.07, 6.45) is 12.5. The van der Waals surface area contributed by atoms with Crippen molar-refractivity contribution in [2.24, 2.45) is 0 Å². The minimum Gasteiger partial charge on any atom is -0.614 e. The molecule has 4 aliphatic rings. The average molecular weight is 473 g/mol. The van der Waals surface area contributed by atoms with Crippen molar-refractivity contribution < 1.29 is 48.7 Å². The van der Waals surface area contributed by atoms with E-state index in [1.54, 1.807) is 6.82 Å². The maximum Gasteiger partial charge on any atom is 0.556 e. The van der Waals surface area contributed by atoms with Crippen molar-refractivity contribution in [3.05, 3.63) is 5.82 Å². The van der Waals surface area contributed by atoms with Gasteiger partial charge in [-0.1, -0.05) is 58.2 Å². The van der Waals surface area contributed by atoms with Gasteiger partial charge in [0.25, 0.3) is 0 Å². The van der Waals surface area contributed by atoms with E-state index < -0.39 is 25.6 Å². The lowest BCUT2D eigenvalue weighted by Crippen LogP contribution is -2.35. The first kappa shape index (κ1) is 30.8. The second-order valence-corrected chi connectivity index (χ2v) is 8.50. The molecule has 4 rings (SSSR count). The summed E-state index contributed by atoms with van der Waals surface area (Å²) >= 11 is 0. The maximum absolute atomic E-state index is 10.7. The second kappa shape index (κ2) is 16.4. The average Bonchev–Trinajstić information content (AvgIpc) is 2.89. The van der Waals surface area contributed by atoms with Crippen LogP contribution in [0.5, 0.6) is 0 Å². The highest BCUT2D eigenvalue weighted by molar-refractivity contribution is 6.78. The molecular weight excluding hydrogens is 436 g/mol. The van der Waals surface area contributed by atoms with Crippen molar-refractivity contribution in [3.63, 3.8) is 0 Å². The summed E-state index contributed by atoms with van der Waals surface area (Å²) in [5.74, 6) is -1.81. The third-order valence-electron chi connectivity index (χ3n) is 5.01. The highest BCUT2D eigenvalue weighted by Gasteiger charge is 2.60. The van der Waals surface area contributed by atoms with E-state index in [2.05, 4.69) is 0 Å². The van der Waals surface area contributed by atoms with Gasteiger partial charge in [-0.15, -0.1) is 0 Å². The Kier molecular flexibility index (Phi) is 15.3. The van der Waals surface area contributed by atoms with Crippen LogP contribution in [0.2, 0.25) is 13.6 Å². The van der Waals surface area contributed by atoms with Crippen molar-refractivity contribution in [3.8, 4) is 0 Å². The molecule has 33 heavy (non-hydrogen) atoms. The van der Waals surface area contributed by atoms with Crippen LogP contribution in [0.15, 0.2) is 0 Å². The molecule has 2 heterocycles. The smallest absolute Gasteiger partial charge is 0.556 e. The molecule has 0 aromatic heterocycles. The summed E-state index contributed by atoms with van der Waals surface area (Å²) in [5, 5.41) is 31.5. The SMILES string of the molecule is C1CCC1.C1CCC1.CB(O)O.CN(CC(=O)O)CC(=O)O.C[B-]12OC(=O)C[C+]1CC(=O)O2. The van der Waals surface area contributed by atoms with Gasteiger partial charge in [-0.05, 0) is 13.9 Å². The molecule has 0 aromatic rings. The standard InChI is InChI=1S/C6H7BO4.C5H9NO4.2C4H8.CH5BO2/c1-7-4(2-5(8)10-7)3-6(9)11-7;1-6(2-4(7)8)3-5(9)10;2*1-2-4-3-1;1-2(3)4/h2-3H2,1H3;2-3H2,1H3,(H,7,8)(H,9,10);2*1-4H2;3-4H,1H3. The van der Waals surface area contributed by atoms with Gasteiger partial charge in [0, 0.05) is 5.82 Å². The molecular formula is C20H37B2NO10. The quantitative estimate of drug-likeness (QED) is 0.343. The highest BCUT2D eigenvalue weighted by atomic mass is 16.7. The molecule has 0 atom stereocenters. The summed E-state index contributed by atoms with van der Waals surface area (Å²) in [6, 6.07) is 0. The molecule has 2 aliphatic carbocycles. The Morgan fingerprint density at radius 3 is 1.33 bits per heavy atom. The molecule has 0 amide bonds. The van der Waals surface area contributed by atoms with Crippen LogP contribution in [0.4, 0.5) is 0 Å². The molecule has 0 bridgehead atoms. The highest BCUT2D eigenvalue weighted by Crippen LogP contribution is 2.39. The molecule has 2 saturated heterocycles. The fraction of sp³-hybridized carbons (Fsp3) is 0.750. The van der Waals surface area contributed by atoms with Gasteiger partial charge < -0.3 is 29.6 Å². The number of likely N-dealkylation sites (N-methyl/N-ethyl adjacent to an activating group) is 1. The van der Waals surface area contributed by atoms with Crippen LogP contribution in [-0.4, -0.2) is 82.8 Å². The zero-order valence-electron chi connectivity index (χ0n) is 19.8.